The Labute approximate surface area is 137 Å². The summed E-state index contributed by atoms with van der Waals surface area (Å²) in [5.74, 6) is -0.682. The molecule has 0 unspecified atom stereocenters. The highest BCUT2D eigenvalue weighted by atomic mass is 35.5. The van der Waals surface area contributed by atoms with Crippen LogP contribution in [0.15, 0.2) is 48.7 Å². The van der Waals surface area contributed by atoms with Gasteiger partial charge < -0.3 is 15.0 Å². The molecule has 1 heterocycles. The summed E-state index contributed by atoms with van der Waals surface area (Å²) in [5, 5.41) is 4.10. The molecule has 1 aromatic heterocycles. The van der Waals surface area contributed by atoms with Crippen molar-refractivity contribution in [2.45, 2.75) is 0 Å². The van der Waals surface area contributed by atoms with Crippen molar-refractivity contribution in [3.63, 3.8) is 0 Å². The standard InChI is InChI=1S/C17H13ClN2O3/c1-23-17(22)10-2-5-12(6-3-10)20-16(21)14-9-19-15-7-4-11(18)8-13(14)15/h2-9,19H,1H3,(H,20,21). The van der Waals surface area contributed by atoms with Gasteiger partial charge in [-0.25, -0.2) is 4.79 Å². The number of benzene rings is 2. The molecule has 0 bridgehead atoms. The Morgan fingerprint density at radius 2 is 1.87 bits per heavy atom. The minimum absolute atomic E-state index is 0.260. The molecular weight excluding hydrogens is 316 g/mol. The smallest absolute Gasteiger partial charge is 0.337 e. The lowest BCUT2D eigenvalue weighted by Gasteiger charge is -2.05. The van der Waals surface area contributed by atoms with Crippen molar-refractivity contribution in [2.24, 2.45) is 0 Å². The van der Waals surface area contributed by atoms with Crippen LogP contribution in [-0.2, 0) is 4.74 Å². The van der Waals surface area contributed by atoms with Gasteiger partial charge in [-0.1, -0.05) is 11.6 Å². The highest BCUT2D eigenvalue weighted by Gasteiger charge is 2.13. The van der Waals surface area contributed by atoms with E-state index < -0.39 is 5.97 Å². The van der Waals surface area contributed by atoms with Gasteiger partial charge in [0.15, 0.2) is 0 Å². The van der Waals surface area contributed by atoms with Crippen LogP contribution < -0.4 is 5.32 Å². The molecule has 5 nitrogen and oxygen atoms in total. The number of H-pyrrole nitrogens is 1. The predicted octanol–water partition coefficient (Wildman–Crippen LogP) is 3.86. The van der Waals surface area contributed by atoms with Crippen molar-refractivity contribution in [3.8, 4) is 0 Å². The molecule has 1 amide bonds. The second-order valence-corrected chi connectivity index (χ2v) is 5.35. The first-order valence-electron chi connectivity index (χ1n) is 6.85. The van der Waals surface area contributed by atoms with E-state index in [1.165, 1.54) is 7.11 Å². The number of rotatable bonds is 3. The molecule has 0 aliphatic carbocycles. The van der Waals surface area contributed by atoms with Crippen molar-refractivity contribution in [1.82, 2.24) is 4.98 Å². The Bertz CT molecular complexity index is 884. The van der Waals surface area contributed by atoms with Crippen molar-refractivity contribution in [2.75, 3.05) is 12.4 Å². The number of methoxy groups -OCH3 is 1. The zero-order valence-electron chi connectivity index (χ0n) is 12.2. The number of carbonyl (C=O) groups is 2. The number of aromatic nitrogens is 1. The van der Waals surface area contributed by atoms with E-state index in [0.717, 1.165) is 10.9 Å². The molecule has 3 rings (SSSR count). The third kappa shape index (κ3) is 3.05. The van der Waals surface area contributed by atoms with Crippen LogP contribution in [-0.4, -0.2) is 24.0 Å². The fourth-order valence-corrected chi connectivity index (χ4v) is 2.46. The summed E-state index contributed by atoms with van der Waals surface area (Å²) in [6.45, 7) is 0. The fourth-order valence-electron chi connectivity index (χ4n) is 2.29. The van der Waals surface area contributed by atoms with Crippen LogP contribution in [0.5, 0.6) is 0 Å². The number of ether oxygens (including phenoxy) is 1. The third-order valence-corrected chi connectivity index (χ3v) is 3.69. The van der Waals surface area contributed by atoms with Gasteiger partial charge in [0.2, 0.25) is 0 Å². The van der Waals surface area contributed by atoms with E-state index in [9.17, 15) is 9.59 Å². The average Bonchev–Trinajstić information content (AvgIpc) is 2.98. The third-order valence-electron chi connectivity index (χ3n) is 3.45. The number of carbonyl (C=O) groups excluding carboxylic acids is 2. The summed E-state index contributed by atoms with van der Waals surface area (Å²) in [7, 11) is 1.32. The maximum Gasteiger partial charge on any atom is 0.337 e. The molecule has 23 heavy (non-hydrogen) atoms. The lowest BCUT2D eigenvalue weighted by atomic mass is 10.1. The van der Waals surface area contributed by atoms with Gasteiger partial charge >= 0.3 is 5.97 Å². The summed E-state index contributed by atoms with van der Waals surface area (Å²) >= 11 is 5.98. The molecule has 0 saturated carbocycles. The molecule has 0 saturated heterocycles. The molecular formula is C17H13ClN2O3. The summed E-state index contributed by atoms with van der Waals surface area (Å²) in [4.78, 5) is 26.8. The van der Waals surface area contributed by atoms with Gasteiger partial charge in [-0.15, -0.1) is 0 Å². The molecule has 2 aromatic carbocycles. The van der Waals surface area contributed by atoms with E-state index in [2.05, 4.69) is 15.0 Å². The maximum absolute atomic E-state index is 12.4. The Kier molecular flexibility index (Phi) is 4.04. The van der Waals surface area contributed by atoms with E-state index in [1.807, 2.05) is 6.07 Å². The number of hydrogen-bond acceptors (Lipinski definition) is 3. The van der Waals surface area contributed by atoms with Crippen LogP contribution >= 0.6 is 11.6 Å². The minimum atomic E-state index is -0.422. The fraction of sp³-hybridized carbons (Fsp3) is 0.0588. The zero-order chi connectivity index (χ0) is 16.4. The monoisotopic (exact) mass is 328 g/mol. The molecule has 116 valence electrons. The van der Waals surface area contributed by atoms with Gasteiger partial charge in [-0.2, -0.15) is 0 Å². The van der Waals surface area contributed by atoms with Gasteiger partial charge in [0.1, 0.15) is 0 Å². The molecule has 0 atom stereocenters. The lowest BCUT2D eigenvalue weighted by Crippen LogP contribution is -2.11. The van der Waals surface area contributed by atoms with E-state index >= 15 is 0 Å². The summed E-state index contributed by atoms with van der Waals surface area (Å²) in [5.41, 5.74) is 2.34. The lowest BCUT2D eigenvalue weighted by molar-refractivity contribution is 0.0600. The number of aromatic amines is 1. The summed E-state index contributed by atoms with van der Waals surface area (Å²) in [6.07, 6.45) is 1.64. The number of esters is 1. The van der Waals surface area contributed by atoms with E-state index in [4.69, 9.17) is 11.6 Å². The number of hydrogen-bond donors (Lipinski definition) is 2. The highest BCUT2D eigenvalue weighted by Crippen LogP contribution is 2.23. The van der Waals surface area contributed by atoms with Crippen LogP contribution in [0.25, 0.3) is 10.9 Å². The van der Waals surface area contributed by atoms with Crippen molar-refractivity contribution in [1.29, 1.82) is 0 Å². The van der Waals surface area contributed by atoms with Crippen LogP contribution in [0.2, 0.25) is 5.02 Å². The number of fused-ring (bicyclic) bond motifs is 1. The molecule has 0 radical (unpaired) electrons. The normalized spacial score (nSPS) is 10.5. The van der Waals surface area contributed by atoms with E-state index in [0.29, 0.717) is 21.8 Å². The molecule has 0 spiro atoms. The molecule has 2 N–H and O–H groups in total. The van der Waals surface area contributed by atoms with Crippen LogP contribution in [0.3, 0.4) is 0 Å². The topological polar surface area (TPSA) is 71.2 Å². The summed E-state index contributed by atoms with van der Waals surface area (Å²) in [6, 6.07) is 11.8. The average molecular weight is 329 g/mol. The maximum atomic E-state index is 12.4. The first-order chi connectivity index (χ1) is 11.1. The van der Waals surface area contributed by atoms with Crippen molar-refractivity contribution in [3.05, 3.63) is 64.8 Å². The second kappa shape index (κ2) is 6.14. The van der Waals surface area contributed by atoms with E-state index in [-0.39, 0.29) is 5.91 Å². The zero-order valence-corrected chi connectivity index (χ0v) is 13.0. The van der Waals surface area contributed by atoms with Crippen LogP contribution in [0, 0.1) is 0 Å². The predicted molar refractivity (Wildman–Crippen MR) is 89.0 cm³/mol. The first kappa shape index (κ1) is 15.1. The van der Waals surface area contributed by atoms with Crippen LogP contribution in [0.4, 0.5) is 5.69 Å². The molecule has 0 aliphatic heterocycles. The largest absolute Gasteiger partial charge is 0.465 e. The Balaban J connectivity index is 1.83. The quantitative estimate of drug-likeness (QED) is 0.717. The number of nitrogens with one attached hydrogen (secondary N) is 2. The van der Waals surface area contributed by atoms with Gasteiger partial charge in [-0.05, 0) is 42.5 Å². The number of halogens is 1. The van der Waals surface area contributed by atoms with Gasteiger partial charge in [0, 0.05) is 27.8 Å². The Morgan fingerprint density at radius 1 is 1.13 bits per heavy atom. The number of amides is 1. The highest BCUT2D eigenvalue weighted by molar-refractivity contribution is 6.31. The van der Waals surface area contributed by atoms with Crippen molar-refractivity contribution >= 4 is 40.1 Å². The molecule has 6 heteroatoms. The molecule has 0 fully saturated rings. The van der Waals surface area contributed by atoms with Crippen molar-refractivity contribution < 1.29 is 14.3 Å². The van der Waals surface area contributed by atoms with Crippen LogP contribution in [0.1, 0.15) is 20.7 Å². The van der Waals surface area contributed by atoms with E-state index in [1.54, 1.807) is 42.6 Å². The number of anilines is 1. The minimum Gasteiger partial charge on any atom is -0.465 e. The van der Waals surface area contributed by atoms with Gasteiger partial charge in [0.05, 0.1) is 18.2 Å². The molecule has 0 aliphatic rings. The van der Waals surface area contributed by atoms with Gasteiger partial charge in [0.25, 0.3) is 5.91 Å². The SMILES string of the molecule is COC(=O)c1ccc(NC(=O)c2c[nH]c3ccc(Cl)cc23)cc1. The summed E-state index contributed by atoms with van der Waals surface area (Å²) < 4.78 is 4.63. The Hall–Kier alpha value is -2.79. The van der Waals surface area contributed by atoms with Gasteiger partial charge in [-0.3, -0.25) is 4.79 Å². The molecule has 3 aromatic rings. The second-order valence-electron chi connectivity index (χ2n) is 4.92. The first-order valence-corrected chi connectivity index (χ1v) is 7.22. The Morgan fingerprint density at radius 3 is 2.57 bits per heavy atom.